The number of aromatic nitrogens is 1. The number of carbonyl (C=O) groups excluding carboxylic acids is 1. The smallest absolute Gasteiger partial charge is 0.272 e. The van der Waals surface area contributed by atoms with E-state index >= 15 is 0 Å². The standard InChI is InChI=1S/C14H11BrClFN2O/c15-8-5-13(19(7-8)10-2-3-10)14(20)18-12-6-9(16)1-4-11(12)17/h1,4-7,10H,2-3H2,(H,18,20). The van der Waals surface area contributed by atoms with Crippen molar-refractivity contribution in [1.29, 1.82) is 0 Å². The van der Waals surface area contributed by atoms with Gasteiger partial charge >= 0.3 is 0 Å². The largest absolute Gasteiger partial charge is 0.339 e. The van der Waals surface area contributed by atoms with E-state index in [2.05, 4.69) is 21.2 Å². The maximum atomic E-state index is 13.6. The Morgan fingerprint density at radius 3 is 2.85 bits per heavy atom. The lowest BCUT2D eigenvalue weighted by atomic mass is 10.3. The first-order valence-corrected chi connectivity index (χ1v) is 7.35. The van der Waals surface area contributed by atoms with Gasteiger partial charge in [0, 0.05) is 21.7 Å². The van der Waals surface area contributed by atoms with Gasteiger partial charge in [0.15, 0.2) is 0 Å². The molecule has 20 heavy (non-hydrogen) atoms. The van der Waals surface area contributed by atoms with E-state index < -0.39 is 5.82 Å². The van der Waals surface area contributed by atoms with Gasteiger partial charge in [0.05, 0.1) is 5.69 Å². The summed E-state index contributed by atoms with van der Waals surface area (Å²) in [6.07, 6.45) is 4.00. The molecule has 0 saturated heterocycles. The normalized spacial score (nSPS) is 14.3. The number of amides is 1. The number of hydrogen-bond donors (Lipinski definition) is 1. The summed E-state index contributed by atoms with van der Waals surface area (Å²) in [7, 11) is 0. The number of nitrogens with one attached hydrogen (secondary N) is 1. The second-order valence-corrected chi connectivity index (χ2v) is 6.11. The quantitative estimate of drug-likeness (QED) is 0.854. The first-order chi connectivity index (χ1) is 9.54. The summed E-state index contributed by atoms with van der Waals surface area (Å²) in [5, 5.41) is 2.94. The van der Waals surface area contributed by atoms with E-state index in [1.165, 1.54) is 18.2 Å². The van der Waals surface area contributed by atoms with Crippen LogP contribution >= 0.6 is 27.5 Å². The molecule has 1 fully saturated rings. The molecular formula is C14H11BrClFN2O. The lowest BCUT2D eigenvalue weighted by molar-refractivity contribution is 0.101. The monoisotopic (exact) mass is 356 g/mol. The minimum absolute atomic E-state index is 0.0853. The van der Waals surface area contributed by atoms with Crippen LogP contribution in [0.25, 0.3) is 0 Å². The van der Waals surface area contributed by atoms with Crippen LogP contribution in [-0.2, 0) is 0 Å². The van der Waals surface area contributed by atoms with Gasteiger partial charge in [-0.1, -0.05) is 11.6 Å². The molecule has 104 valence electrons. The SMILES string of the molecule is O=C(Nc1cc(Cl)ccc1F)c1cc(Br)cn1C1CC1. The summed E-state index contributed by atoms with van der Waals surface area (Å²) in [6, 6.07) is 6.17. The Kier molecular flexibility index (Phi) is 3.56. The fraction of sp³-hybridized carbons (Fsp3) is 0.214. The Labute approximate surface area is 128 Å². The second-order valence-electron chi connectivity index (χ2n) is 4.76. The summed E-state index contributed by atoms with van der Waals surface area (Å²) < 4.78 is 16.4. The molecular weight excluding hydrogens is 347 g/mol. The molecule has 0 spiro atoms. The molecule has 1 aliphatic rings. The van der Waals surface area contributed by atoms with Gasteiger partial charge in [-0.25, -0.2) is 4.39 Å². The minimum atomic E-state index is -0.508. The second kappa shape index (κ2) is 5.22. The van der Waals surface area contributed by atoms with Crippen molar-refractivity contribution in [2.45, 2.75) is 18.9 Å². The molecule has 1 aromatic heterocycles. The van der Waals surface area contributed by atoms with Crippen LogP contribution in [0.4, 0.5) is 10.1 Å². The van der Waals surface area contributed by atoms with E-state index in [0.29, 0.717) is 16.8 Å². The van der Waals surface area contributed by atoms with Gasteiger partial charge in [-0.05, 0) is 53.0 Å². The molecule has 2 aromatic rings. The highest BCUT2D eigenvalue weighted by atomic mass is 79.9. The number of hydrogen-bond acceptors (Lipinski definition) is 1. The molecule has 3 rings (SSSR count). The first kappa shape index (κ1) is 13.6. The molecule has 1 saturated carbocycles. The van der Waals surface area contributed by atoms with Gasteiger partial charge in [-0.2, -0.15) is 0 Å². The summed E-state index contributed by atoms with van der Waals surface area (Å²) in [5.74, 6) is -0.852. The molecule has 1 amide bonds. The van der Waals surface area contributed by atoms with Crippen molar-refractivity contribution in [3.63, 3.8) is 0 Å². The van der Waals surface area contributed by atoms with Gasteiger partial charge in [-0.15, -0.1) is 0 Å². The summed E-state index contributed by atoms with van der Waals surface area (Å²) in [6.45, 7) is 0. The zero-order valence-electron chi connectivity index (χ0n) is 10.4. The van der Waals surface area contributed by atoms with Crippen molar-refractivity contribution < 1.29 is 9.18 Å². The van der Waals surface area contributed by atoms with Gasteiger partial charge in [0.25, 0.3) is 5.91 Å². The molecule has 6 heteroatoms. The van der Waals surface area contributed by atoms with Crippen LogP contribution in [0.3, 0.4) is 0 Å². The number of nitrogens with zero attached hydrogens (tertiary/aromatic N) is 1. The van der Waals surface area contributed by atoms with Crippen LogP contribution in [0.2, 0.25) is 5.02 Å². The molecule has 1 N–H and O–H groups in total. The zero-order valence-corrected chi connectivity index (χ0v) is 12.7. The van der Waals surface area contributed by atoms with Crippen LogP contribution < -0.4 is 5.32 Å². The van der Waals surface area contributed by atoms with E-state index in [1.807, 2.05) is 10.8 Å². The molecule has 0 bridgehead atoms. The van der Waals surface area contributed by atoms with E-state index in [1.54, 1.807) is 6.07 Å². The Hall–Kier alpha value is -1.33. The topological polar surface area (TPSA) is 34.0 Å². The van der Waals surface area contributed by atoms with Gasteiger partial charge < -0.3 is 9.88 Å². The van der Waals surface area contributed by atoms with E-state index in [-0.39, 0.29) is 11.6 Å². The number of rotatable bonds is 3. The third-order valence-electron chi connectivity index (χ3n) is 3.16. The molecule has 1 aliphatic carbocycles. The fourth-order valence-electron chi connectivity index (χ4n) is 2.06. The van der Waals surface area contributed by atoms with E-state index in [9.17, 15) is 9.18 Å². The predicted molar refractivity (Wildman–Crippen MR) is 79.8 cm³/mol. The first-order valence-electron chi connectivity index (χ1n) is 6.18. The predicted octanol–water partition coefficient (Wildman–Crippen LogP) is 4.63. The van der Waals surface area contributed by atoms with E-state index in [0.717, 1.165) is 17.3 Å². The number of halogens is 3. The number of benzene rings is 1. The molecule has 0 atom stereocenters. The van der Waals surface area contributed by atoms with Crippen LogP contribution in [0.15, 0.2) is 34.9 Å². The summed E-state index contributed by atoms with van der Waals surface area (Å²) >= 11 is 9.17. The third-order valence-corrected chi connectivity index (χ3v) is 3.83. The molecule has 1 heterocycles. The van der Waals surface area contributed by atoms with Crippen LogP contribution in [-0.4, -0.2) is 10.5 Å². The Balaban J connectivity index is 1.87. The molecule has 0 radical (unpaired) electrons. The lowest BCUT2D eigenvalue weighted by Crippen LogP contribution is -2.17. The van der Waals surface area contributed by atoms with Crippen molar-refractivity contribution in [3.8, 4) is 0 Å². The van der Waals surface area contributed by atoms with Crippen molar-refractivity contribution in [1.82, 2.24) is 4.57 Å². The minimum Gasteiger partial charge on any atom is -0.339 e. The average molecular weight is 358 g/mol. The summed E-state index contributed by atoms with van der Waals surface area (Å²) in [5.41, 5.74) is 0.598. The lowest BCUT2D eigenvalue weighted by Gasteiger charge is -2.09. The zero-order chi connectivity index (χ0) is 14.3. The molecule has 0 unspecified atom stereocenters. The summed E-state index contributed by atoms with van der Waals surface area (Å²) in [4.78, 5) is 12.3. The maximum Gasteiger partial charge on any atom is 0.272 e. The fourth-order valence-corrected chi connectivity index (χ4v) is 2.67. The van der Waals surface area contributed by atoms with Gasteiger partial charge in [-0.3, -0.25) is 4.79 Å². The highest BCUT2D eigenvalue weighted by Gasteiger charge is 2.28. The average Bonchev–Trinajstić information content (AvgIpc) is 3.17. The highest BCUT2D eigenvalue weighted by molar-refractivity contribution is 9.10. The Bertz CT molecular complexity index is 682. The molecule has 1 aromatic carbocycles. The van der Waals surface area contributed by atoms with Crippen LogP contribution in [0.5, 0.6) is 0 Å². The highest BCUT2D eigenvalue weighted by Crippen LogP contribution is 2.37. The maximum absolute atomic E-state index is 13.6. The molecule has 3 nitrogen and oxygen atoms in total. The Morgan fingerprint density at radius 2 is 2.15 bits per heavy atom. The van der Waals surface area contributed by atoms with Gasteiger partial charge in [0.1, 0.15) is 11.5 Å². The van der Waals surface area contributed by atoms with Gasteiger partial charge in [0.2, 0.25) is 0 Å². The number of carbonyl (C=O) groups is 1. The van der Waals surface area contributed by atoms with E-state index in [4.69, 9.17) is 11.6 Å². The number of anilines is 1. The van der Waals surface area contributed by atoms with Crippen molar-refractivity contribution >= 4 is 39.1 Å². The Morgan fingerprint density at radius 1 is 1.40 bits per heavy atom. The molecule has 0 aliphatic heterocycles. The van der Waals surface area contributed by atoms with Crippen molar-refractivity contribution in [2.24, 2.45) is 0 Å². The van der Waals surface area contributed by atoms with Crippen LogP contribution in [0, 0.1) is 5.82 Å². The third kappa shape index (κ3) is 2.74. The van der Waals surface area contributed by atoms with Crippen LogP contribution in [0.1, 0.15) is 29.4 Å². The van der Waals surface area contributed by atoms with Crippen molar-refractivity contribution in [2.75, 3.05) is 5.32 Å². The van der Waals surface area contributed by atoms with Crippen molar-refractivity contribution in [3.05, 3.63) is 51.5 Å².